The number of unbranched alkanes of at least 4 members (excludes halogenated alkanes) is 12. The van der Waals surface area contributed by atoms with Crippen molar-refractivity contribution >= 4 is 29.8 Å². The van der Waals surface area contributed by atoms with Crippen LogP contribution < -0.4 is 31.7 Å². The zero-order chi connectivity index (χ0) is 92.6. The molecule has 0 aromatic heterocycles. The molecule has 7 rings (SSSR count). The quantitative estimate of drug-likeness (QED) is 0.00242. The third kappa shape index (κ3) is 52.1. The maximum Gasteiger partial charge on any atom is 0.343 e. The van der Waals surface area contributed by atoms with E-state index >= 15 is 0 Å². The average molecular weight is 1750 g/mol. The average Bonchev–Trinajstić information content (AvgIpc) is 1.41. The van der Waals surface area contributed by atoms with Crippen molar-refractivity contribution in [1.82, 2.24) is 0 Å². The van der Waals surface area contributed by atoms with Gasteiger partial charge in [-0.05, 0) is 316 Å². The Balaban J connectivity index is 0.000000826. The van der Waals surface area contributed by atoms with Crippen LogP contribution in [0.1, 0.15) is 228 Å². The summed E-state index contributed by atoms with van der Waals surface area (Å²) < 4.78 is 36.6. The number of nitrogens with two attached hydrogens (primary N) is 3. The number of hydrogen-bond acceptors (Lipinski definition) is 22. The van der Waals surface area contributed by atoms with Crippen LogP contribution in [0, 0.1) is 67.8 Å². The molecule has 49 nitrogen and oxygen atoms in total. The molecular weight excluding hydrogens is 1650 g/mol. The van der Waals surface area contributed by atoms with E-state index in [-0.39, 0.29) is 42.3 Å². The number of nitrogens with one attached hydrogen (secondary N) is 3. The van der Waals surface area contributed by atoms with E-state index in [2.05, 4.69) is 210 Å². The van der Waals surface area contributed by atoms with E-state index in [9.17, 15) is 39.8 Å². The van der Waals surface area contributed by atoms with Crippen molar-refractivity contribution in [2.45, 2.75) is 186 Å². The van der Waals surface area contributed by atoms with Gasteiger partial charge in [0.1, 0.15) is 40.8 Å². The molecule has 49 heteroatoms. The molecule has 5 aromatic rings. The van der Waals surface area contributed by atoms with Gasteiger partial charge < -0.3 is 50.7 Å². The molecule has 5 aromatic carbocycles. The Bertz CT molecular complexity index is 4660. The van der Waals surface area contributed by atoms with Crippen LogP contribution in [-0.2, 0) is 52.6 Å². The first-order valence-electron chi connectivity index (χ1n) is 39.7. The zero-order valence-electron chi connectivity index (χ0n) is 70.3. The third-order valence-electron chi connectivity index (χ3n) is 17.4. The summed E-state index contributed by atoms with van der Waals surface area (Å²) >= 11 is 0. The largest absolute Gasteiger partial charge is 0.492 e. The number of benzene rings is 5. The minimum atomic E-state index is -0.595. The Morgan fingerprint density at radius 1 is 0.433 bits per heavy atom. The van der Waals surface area contributed by atoms with Crippen molar-refractivity contribution in [2.24, 2.45) is 164 Å². The van der Waals surface area contributed by atoms with Crippen molar-refractivity contribution < 1.29 is 58.6 Å². The van der Waals surface area contributed by atoms with Crippen LogP contribution in [0.15, 0.2) is 269 Å². The fourth-order valence-electron chi connectivity index (χ4n) is 11.2. The number of esters is 5. The lowest BCUT2D eigenvalue weighted by Gasteiger charge is -2.28. The summed E-state index contributed by atoms with van der Waals surface area (Å²) in [6, 6.07) is 39.5. The fourth-order valence-corrected chi connectivity index (χ4v) is 11.2. The second-order valence-corrected chi connectivity index (χ2v) is 26.0. The molecule has 0 amide bonds. The van der Waals surface area contributed by atoms with E-state index in [0.717, 1.165) is 157 Å². The third-order valence-corrected chi connectivity index (χ3v) is 17.4. The van der Waals surface area contributed by atoms with Crippen LogP contribution in [0.2, 0.25) is 0 Å². The Hall–Kier alpha value is -15.9. The molecule has 0 bridgehead atoms. The van der Waals surface area contributed by atoms with Crippen LogP contribution >= 0.6 is 0 Å². The molecule has 2 aliphatic rings. The Kier molecular flexibility index (Phi) is 61.4. The van der Waals surface area contributed by atoms with Crippen molar-refractivity contribution in [3.05, 3.63) is 184 Å². The summed E-state index contributed by atoms with van der Waals surface area (Å²) in [6.07, 6.45) is 28.3. The highest BCUT2D eigenvalue weighted by Crippen LogP contribution is 2.38. The minimum absolute atomic E-state index is 0. The van der Waals surface area contributed by atoms with Crippen LogP contribution in [-0.4, -0.2) is 69.0 Å². The first-order valence-corrected chi connectivity index (χ1v) is 39.7. The van der Waals surface area contributed by atoms with Gasteiger partial charge in [0.05, 0.1) is 61.4 Å². The Labute approximate surface area is 732 Å². The van der Waals surface area contributed by atoms with Gasteiger partial charge in [0.25, 0.3) is 0 Å². The van der Waals surface area contributed by atoms with Gasteiger partial charge in [-0.1, -0.05) is 149 Å². The molecule has 1 aliphatic carbocycles. The number of epoxide rings is 1. The molecule has 1 unspecified atom stereocenters. The molecule has 127 heavy (non-hydrogen) atoms. The molecule has 1 saturated heterocycles. The van der Waals surface area contributed by atoms with Gasteiger partial charge in [-0.3, -0.25) is 0 Å². The maximum absolute atomic E-state index is 12.7. The number of carbonyl (C=O) groups excluding carboxylic acids is 5. The molecule has 1 aliphatic heterocycles. The minimum Gasteiger partial charge on any atom is -0.492 e. The lowest BCUT2D eigenvalue weighted by Crippen LogP contribution is -2.14. The second-order valence-electron chi connectivity index (χ2n) is 26.0. The number of ether oxygens (including phenoxy) is 7. The molecule has 0 spiro atoms. The number of rotatable bonds is 49. The topological polar surface area (TPSA) is 732 Å². The number of aryl methyl sites for hydroxylation is 3. The SMILES string of the molecule is C=CC(=O)OCCCC1CCC(c2ccc(C#N)cc2)CC1.C=CC(=O)OCCCCCCCc1ccc(C(=O)Oc2ccc(CCCCC)cc2C#N)cc1.CCCCCOc1ccc(OC(=O)c2ccc(CCCCCCCOC(=O)C3CO3)cc2)c(C#N)c1C#N.N/N=N/N=N/N=N/N=N/N=N/N.N=N/N=N/N=N/N=N/N=N.N=N/N=N/N=N/N=N/N=N/N.[HH]. The first-order chi connectivity index (χ1) is 62.1. The number of hydrogen-bond donors (Lipinski definition) is 6. The van der Waals surface area contributed by atoms with Gasteiger partial charge in [-0.15, -0.1) is 0 Å². The Morgan fingerprint density at radius 3 is 1.24 bits per heavy atom. The lowest BCUT2D eigenvalue weighted by atomic mass is 9.77. The lowest BCUT2D eigenvalue weighted by molar-refractivity contribution is -0.145. The smallest absolute Gasteiger partial charge is 0.343 e. The standard InChI is InChI=1S/C30H34N2O6.C29H35NO4.C19H23NO2.H4N12.H3N11.H2N10.H2/c1-2-3-8-17-35-26-15-16-27(25(20-32)24(26)19-31)38-29(33)23-13-11-22(12-14-23)10-7-5-4-6-9-18-36-30(34)28-21-37-28;1-3-5-9-13-24-16-19-27(26(21-24)22-30)34-29(32)25-17-14-23(15-18-25)12-10-7-6-8-11-20-33-28(31)4-2;1-2-19(21)22-13-3-4-15-5-9-17(10-6-15)18-11-7-16(14-20)8-12-18;1-3-5-7-9-11-12-10-8-6-4-2;1-3-5-7-9-11-10-8-6-4-2;1-3-5-7-9-10-8-6-4-2;/h11-16,28H,2-10,17-18,21H2,1H3;4,14-19,21H,2-3,5-13,20H2,1H3;2,7-8,11-12,15,17H,1,3-6,9-10,13H2;(H2,1,4,5,8,9,12)(H2,2,3,6,7,10,11);(H3,1,2,5,6,9,10);1-2H;1H/b;;;;;3-1?,4-2?,7-5+,8-6+,10-9+;. The summed E-state index contributed by atoms with van der Waals surface area (Å²) in [7, 11) is 0. The van der Waals surface area contributed by atoms with Crippen molar-refractivity contribution in [3.8, 4) is 41.5 Å². The molecule has 1 atom stereocenters. The van der Waals surface area contributed by atoms with E-state index in [1.165, 1.54) is 55.0 Å². The Morgan fingerprint density at radius 2 is 0.811 bits per heavy atom. The molecule has 2 fully saturated rings. The van der Waals surface area contributed by atoms with Gasteiger partial charge in [0.15, 0.2) is 11.9 Å². The zero-order valence-corrected chi connectivity index (χ0v) is 70.3. The van der Waals surface area contributed by atoms with Crippen molar-refractivity contribution in [3.63, 3.8) is 0 Å². The van der Waals surface area contributed by atoms with Crippen LogP contribution in [0.4, 0.5) is 0 Å². The van der Waals surface area contributed by atoms with Crippen molar-refractivity contribution in [1.29, 1.82) is 37.6 Å². The van der Waals surface area contributed by atoms with E-state index < -0.39 is 11.9 Å². The monoisotopic (exact) mass is 1750 g/mol. The van der Waals surface area contributed by atoms with Crippen molar-refractivity contribution in [2.75, 3.05) is 33.0 Å². The van der Waals surface area contributed by atoms with E-state index in [1.807, 2.05) is 60.7 Å². The molecule has 672 valence electrons. The van der Waals surface area contributed by atoms with Crippen LogP contribution in [0.25, 0.3) is 0 Å². The summed E-state index contributed by atoms with van der Waals surface area (Å²) in [5.74, 6) is 13.7. The van der Waals surface area contributed by atoms with Gasteiger partial charge in [-0.25, -0.2) is 24.0 Å². The van der Waals surface area contributed by atoms with E-state index in [0.29, 0.717) is 67.1 Å². The van der Waals surface area contributed by atoms with Crippen LogP contribution in [0.3, 0.4) is 0 Å². The summed E-state index contributed by atoms with van der Waals surface area (Å²) in [5.41, 5.74) is 25.0. The fraction of sp³-hybridized carbons (Fsp3) is 0.449. The van der Waals surface area contributed by atoms with Gasteiger partial charge in [0.2, 0.25) is 0 Å². The van der Waals surface area contributed by atoms with Gasteiger partial charge in [0, 0.05) is 13.6 Å². The molecule has 1 saturated carbocycles. The predicted molar refractivity (Wildman–Crippen MR) is 448 cm³/mol. The van der Waals surface area contributed by atoms with Gasteiger partial charge in [-0.2, -0.15) is 37.6 Å². The second kappa shape index (κ2) is 72.8. The molecule has 1 heterocycles. The summed E-state index contributed by atoms with van der Waals surface area (Å²) in [4.78, 5) is 58.5. The molecule has 0 radical (unpaired) electrons. The highest BCUT2D eigenvalue weighted by Gasteiger charge is 2.33. The first kappa shape index (κ1) is 107. The summed E-state index contributed by atoms with van der Waals surface area (Å²) in [6.45, 7) is 13.3. The highest BCUT2D eigenvalue weighted by atomic mass is 16.6. The van der Waals surface area contributed by atoms with Crippen LogP contribution in [0.5, 0.6) is 17.2 Å². The molecule has 9 N–H and O–H groups in total. The van der Waals surface area contributed by atoms with E-state index in [1.54, 1.807) is 36.4 Å². The van der Waals surface area contributed by atoms with Gasteiger partial charge >= 0.3 is 29.8 Å². The molecular formula is C78H103N37O12. The number of carbonyl (C=O) groups is 5. The number of nitrogens with zero attached hydrogens (tertiary/aromatic N) is 31. The maximum atomic E-state index is 12.7. The number of nitriles is 4. The normalized spacial score (nSPS) is 13.8. The predicted octanol–water partition coefficient (Wildman–Crippen LogP) is 21.1. The highest BCUT2D eigenvalue weighted by molar-refractivity contribution is 5.92. The summed E-state index contributed by atoms with van der Waals surface area (Å²) in [5, 5.41) is 114. The van der Waals surface area contributed by atoms with E-state index in [4.69, 9.17) is 55.0 Å².